The van der Waals surface area contributed by atoms with Crippen LogP contribution in [0.2, 0.25) is 0 Å². The maximum Gasteiger partial charge on any atom is 0.276 e. The van der Waals surface area contributed by atoms with E-state index in [1.165, 1.54) is 0 Å². The first-order valence-corrected chi connectivity index (χ1v) is 10.2. The van der Waals surface area contributed by atoms with Crippen LogP contribution in [0.25, 0.3) is 5.52 Å². The molecule has 0 bridgehead atoms. The Labute approximate surface area is 169 Å². The lowest BCUT2D eigenvalue weighted by atomic mass is 9.97. The first-order valence-electron chi connectivity index (χ1n) is 10.2. The van der Waals surface area contributed by atoms with Gasteiger partial charge in [-0.05, 0) is 50.3 Å². The van der Waals surface area contributed by atoms with Crippen molar-refractivity contribution >= 4 is 11.4 Å². The minimum absolute atomic E-state index is 0.0691. The third kappa shape index (κ3) is 4.18. The van der Waals surface area contributed by atoms with Gasteiger partial charge in [0.25, 0.3) is 5.56 Å². The molecule has 2 aromatic heterocycles. The molecule has 0 aliphatic heterocycles. The van der Waals surface area contributed by atoms with Crippen molar-refractivity contribution < 1.29 is 9.53 Å². The summed E-state index contributed by atoms with van der Waals surface area (Å²) >= 11 is 0. The second kappa shape index (κ2) is 8.51. The number of ether oxygens (including phenoxy) is 1. The second-order valence-corrected chi connectivity index (χ2v) is 7.33. The minimum Gasteiger partial charge on any atom is -0.494 e. The Bertz CT molecular complexity index is 1080. The molecule has 0 radical (unpaired) electrons. The van der Waals surface area contributed by atoms with Crippen LogP contribution in [0.4, 0.5) is 0 Å². The summed E-state index contributed by atoms with van der Waals surface area (Å²) in [5, 5.41) is 7.46. The number of carbonyl (C=O) groups excluding carboxylic acids is 1. The third-order valence-corrected chi connectivity index (χ3v) is 5.31. The summed E-state index contributed by atoms with van der Waals surface area (Å²) in [7, 11) is 0. The number of fused-ring (bicyclic) bond motifs is 3. The lowest BCUT2D eigenvalue weighted by molar-refractivity contribution is -0.121. The van der Waals surface area contributed by atoms with Crippen molar-refractivity contribution in [3.05, 3.63) is 63.8 Å². The molecule has 3 aromatic rings. The fourth-order valence-corrected chi connectivity index (χ4v) is 3.85. The molecule has 29 heavy (non-hydrogen) atoms. The molecule has 1 aliphatic rings. The van der Waals surface area contributed by atoms with Crippen molar-refractivity contribution in [1.29, 1.82) is 0 Å². The van der Waals surface area contributed by atoms with Gasteiger partial charge in [0, 0.05) is 37.5 Å². The molecule has 1 aliphatic carbocycles. The van der Waals surface area contributed by atoms with Crippen LogP contribution in [0.5, 0.6) is 5.75 Å². The Hall–Kier alpha value is -3.09. The molecule has 4 rings (SSSR count). The van der Waals surface area contributed by atoms with Crippen LogP contribution in [0.3, 0.4) is 0 Å². The van der Waals surface area contributed by atoms with E-state index >= 15 is 0 Å². The van der Waals surface area contributed by atoms with E-state index in [0.29, 0.717) is 25.2 Å². The van der Waals surface area contributed by atoms with Crippen LogP contribution in [0, 0.1) is 0 Å². The Morgan fingerprint density at radius 2 is 2.10 bits per heavy atom. The topological polar surface area (TPSA) is 77.6 Å². The molecule has 7 nitrogen and oxygen atoms in total. The summed E-state index contributed by atoms with van der Waals surface area (Å²) in [5.74, 6) is 0.706. The first kappa shape index (κ1) is 19.2. The van der Waals surface area contributed by atoms with Crippen molar-refractivity contribution in [2.24, 2.45) is 0 Å². The van der Waals surface area contributed by atoms with Gasteiger partial charge in [-0.2, -0.15) is 5.10 Å². The lowest BCUT2D eigenvalue weighted by Gasteiger charge is -2.10. The molecule has 0 unspecified atom stereocenters. The average Bonchev–Trinajstić information content (AvgIpc) is 3.12. The zero-order valence-corrected chi connectivity index (χ0v) is 16.7. The quantitative estimate of drug-likeness (QED) is 0.668. The largest absolute Gasteiger partial charge is 0.494 e. The van der Waals surface area contributed by atoms with Crippen LogP contribution >= 0.6 is 0 Å². The number of hydrogen-bond donors (Lipinski definition) is 1. The SMILES string of the molecule is CCOc1cccc(CNC(=O)CCn2ccn3nc4c(c3c2=O)CCCC4)c1. The Morgan fingerprint density at radius 3 is 2.97 bits per heavy atom. The van der Waals surface area contributed by atoms with Gasteiger partial charge in [0.15, 0.2) is 0 Å². The Kier molecular flexibility index (Phi) is 5.64. The molecule has 152 valence electrons. The molecular weight excluding hydrogens is 368 g/mol. The van der Waals surface area contributed by atoms with Crippen molar-refractivity contribution in [2.45, 2.75) is 52.1 Å². The average molecular weight is 394 g/mol. The number of hydrogen-bond acceptors (Lipinski definition) is 4. The Morgan fingerprint density at radius 1 is 1.24 bits per heavy atom. The number of nitrogens with one attached hydrogen (secondary N) is 1. The molecule has 0 saturated carbocycles. The van der Waals surface area contributed by atoms with Crippen molar-refractivity contribution in [2.75, 3.05) is 6.61 Å². The molecule has 0 atom stereocenters. The summed E-state index contributed by atoms with van der Waals surface area (Å²) in [5.41, 5.74) is 3.69. The fraction of sp³-hybridized carbons (Fsp3) is 0.409. The van der Waals surface area contributed by atoms with Gasteiger partial charge in [-0.1, -0.05) is 12.1 Å². The van der Waals surface area contributed by atoms with E-state index in [1.807, 2.05) is 37.4 Å². The van der Waals surface area contributed by atoms with Gasteiger partial charge < -0.3 is 14.6 Å². The third-order valence-electron chi connectivity index (χ3n) is 5.31. The van der Waals surface area contributed by atoms with Crippen molar-refractivity contribution in [1.82, 2.24) is 19.5 Å². The molecule has 7 heteroatoms. The Balaban J connectivity index is 1.39. The summed E-state index contributed by atoms with van der Waals surface area (Å²) in [6, 6.07) is 7.68. The number of aromatic nitrogens is 3. The van der Waals surface area contributed by atoms with Gasteiger partial charge in [-0.15, -0.1) is 0 Å². The predicted molar refractivity (Wildman–Crippen MR) is 110 cm³/mol. The fourth-order valence-electron chi connectivity index (χ4n) is 3.85. The highest BCUT2D eigenvalue weighted by molar-refractivity contribution is 5.75. The highest BCUT2D eigenvalue weighted by Crippen LogP contribution is 2.22. The number of benzene rings is 1. The molecule has 0 spiro atoms. The summed E-state index contributed by atoms with van der Waals surface area (Å²) in [4.78, 5) is 25.2. The maximum absolute atomic E-state index is 12.9. The maximum atomic E-state index is 12.9. The number of carbonyl (C=O) groups is 1. The molecule has 2 heterocycles. The minimum atomic E-state index is -0.0888. The molecule has 1 aromatic carbocycles. The molecule has 1 N–H and O–H groups in total. The van der Waals surface area contributed by atoms with Crippen LogP contribution in [-0.4, -0.2) is 26.7 Å². The highest BCUT2D eigenvalue weighted by atomic mass is 16.5. The number of amides is 1. The molecule has 1 amide bonds. The van der Waals surface area contributed by atoms with Gasteiger partial charge in [-0.25, -0.2) is 4.52 Å². The normalized spacial score (nSPS) is 13.3. The van der Waals surface area contributed by atoms with Gasteiger partial charge in [0.1, 0.15) is 11.3 Å². The number of aryl methyl sites for hydroxylation is 3. The van der Waals surface area contributed by atoms with Crippen LogP contribution < -0.4 is 15.6 Å². The van der Waals surface area contributed by atoms with E-state index in [0.717, 1.165) is 48.3 Å². The van der Waals surface area contributed by atoms with Gasteiger partial charge in [0.2, 0.25) is 5.91 Å². The van der Waals surface area contributed by atoms with E-state index in [2.05, 4.69) is 10.4 Å². The second-order valence-electron chi connectivity index (χ2n) is 7.33. The van der Waals surface area contributed by atoms with Gasteiger partial charge in [-0.3, -0.25) is 9.59 Å². The monoisotopic (exact) mass is 394 g/mol. The van der Waals surface area contributed by atoms with Crippen molar-refractivity contribution in [3.63, 3.8) is 0 Å². The zero-order valence-electron chi connectivity index (χ0n) is 16.7. The summed E-state index contributed by atoms with van der Waals surface area (Å²) < 4.78 is 8.79. The summed E-state index contributed by atoms with van der Waals surface area (Å²) in [6.45, 7) is 3.33. The van der Waals surface area contributed by atoms with Gasteiger partial charge in [0.05, 0.1) is 12.3 Å². The number of nitrogens with zero attached hydrogens (tertiary/aromatic N) is 3. The van der Waals surface area contributed by atoms with Crippen molar-refractivity contribution in [3.8, 4) is 5.75 Å². The predicted octanol–water partition coefficient (Wildman–Crippen LogP) is 2.48. The van der Waals surface area contributed by atoms with Crippen LogP contribution in [0.1, 0.15) is 43.0 Å². The lowest BCUT2D eigenvalue weighted by Crippen LogP contribution is -2.28. The standard InChI is InChI=1S/C22H26N4O3/c1-2-29-17-7-5-6-16(14-17)15-23-20(27)10-11-25-12-13-26-21(22(25)28)18-8-3-4-9-19(18)24-26/h5-7,12-14H,2-4,8-11,15H2,1H3,(H,23,27). The zero-order chi connectivity index (χ0) is 20.2. The van der Waals surface area contributed by atoms with E-state index < -0.39 is 0 Å². The van der Waals surface area contributed by atoms with E-state index in [4.69, 9.17) is 4.74 Å². The van der Waals surface area contributed by atoms with E-state index in [9.17, 15) is 9.59 Å². The van der Waals surface area contributed by atoms with Crippen LogP contribution in [0.15, 0.2) is 41.5 Å². The van der Waals surface area contributed by atoms with Gasteiger partial charge >= 0.3 is 0 Å². The molecular formula is C22H26N4O3. The van der Waals surface area contributed by atoms with E-state index in [-0.39, 0.29) is 17.9 Å². The number of rotatable bonds is 7. The molecule has 0 saturated heterocycles. The smallest absolute Gasteiger partial charge is 0.276 e. The van der Waals surface area contributed by atoms with Crippen LogP contribution in [-0.2, 0) is 30.7 Å². The summed E-state index contributed by atoms with van der Waals surface area (Å²) in [6.07, 6.45) is 7.83. The van der Waals surface area contributed by atoms with E-state index in [1.54, 1.807) is 15.3 Å². The first-order chi connectivity index (χ1) is 14.2. The molecule has 0 fully saturated rings. The highest BCUT2D eigenvalue weighted by Gasteiger charge is 2.19.